The number of halogens is 1. The van der Waals surface area contributed by atoms with Crippen molar-refractivity contribution in [3.05, 3.63) is 59.4 Å². The van der Waals surface area contributed by atoms with Crippen LogP contribution in [-0.2, 0) is 4.79 Å². The van der Waals surface area contributed by atoms with Gasteiger partial charge in [0.25, 0.3) is 0 Å². The second-order valence-corrected chi connectivity index (χ2v) is 4.72. The SMILES string of the molecule is O=C(/C=C/c1ccc(Cl)nc1)Nc1ccc(OCCO)cc1. The number of pyridine rings is 1. The minimum Gasteiger partial charge on any atom is -0.491 e. The van der Waals surface area contributed by atoms with Gasteiger partial charge < -0.3 is 15.2 Å². The zero-order valence-corrected chi connectivity index (χ0v) is 12.5. The topological polar surface area (TPSA) is 71.5 Å². The van der Waals surface area contributed by atoms with Gasteiger partial charge in [-0.1, -0.05) is 17.7 Å². The summed E-state index contributed by atoms with van der Waals surface area (Å²) in [5.41, 5.74) is 1.44. The van der Waals surface area contributed by atoms with Crippen LogP contribution in [0, 0.1) is 0 Å². The molecular formula is C16H15ClN2O3. The van der Waals surface area contributed by atoms with Crippen LogP contribution in [0.4, 0.5) is 5.69 Å². The summed E-state index contributed by atoms with van der Waals surface area (Å²) in [7, 11) is 0. The Hall–Kier alpha value is -2.37. The van der Waals surface area contributed by atoms with Gasteiger partial charge in [0.2, 0.25) is 5.91 Å². The number of ether oxygens (including phenoxy) is 1. The zero-order chi connectivity index (χ0) is 15.8. The van der Waals surface area contributed by atoms with Gasteiger partial charge in [-0.3, -0.25) is 4.79 Å². The van der Waals surface area contributed by atoms with E-state index in [1.807, 2.05) is 0 Å². The lowest BCUT2D eigenvalue weighted by molar-refractivity contribution is -0.111. The molecule has 0 unspecified atom stereocenters. The van der Waals surface area contributed by atoms with E-state index in [-0.39, 0.29) is 19.1 Å². The van der Waals surface area contributed by atoms with Crippen LogP contribution in [0.3, 0.4) is 0 Å². The molecule has 0 spiro atoms. The van der Waals surface area contributed by atoms with E-state index in [0.29, 0.717) is 16.6 Å². The maximum Gasteiger partial charge on any atom is 0.248 e. The van der Waals surface area contributed by atoms with Crippen LogP contribution < -0.4 is 10.1 Å². The number of aromatic nitrogens is 1. The van der Waals surface area contributed by atoms with Gasteiger partial charge in [0.15, 0.2) is 0 Å². The van der Waals surface area contributed by atoms with E-state index < -0.39 is 0 Å². The molecule has 2 aromatic rings. The first-order chi connectivity index (χ1) is 10.7. The maximum atomic E-state index is 11.8. The first kappa shape index (κ1) is 16.0. The summed E-state index contributed by atoms with van der Waals surface area (Å²) in [5.74, 6) is 0.383. The van der Waals surface area contributed by atoms with E-state index >= 15 is 0 Å². The van der Waals surface area contributed by atoms with Gasteiger partial charge in [-0.25, -0.2) is 4.98 Å². The van der Waals surface area contributed by atoms with Crippen molar-refractivity contribution in [2.24, 2.45) is 0 Å². The standard InChI is InChI=1S/C16H15ClN2O3/c17-15-7-1-12(11-18-15)2-8-16(21)19-13-3-5-14(6-4-13)22-10-9-20/h1-8,11,20H,9-10H2,(H,19,21)/b8-2+. The summed E-state index contributed by atoms with van der Waals surface area (Å²) in [4.78, 5) is 15.7. The number of carbonyl (C=O) groups is 1. The summed E-state index contributed by atoms with van der Waals surface area (Å²) in [6.45, 7) is 0.201. The van der Waals surface area contributed by atoms with Crippen molar-refractivity contribution in [3.63, 3.8) is 0 Å². The number of carbonyl (C=O) groups excluding carboxylic acids is 1. The molecule has 0 bridgehead atoms. The number of nitrogens with zero attached hydrogens (tertiary/aromatic N) is 1. The van der Waals surface area contributed by atoms with E-state index in [9.17, 15) is 4.79 Å². The monoisotopic (exact) mass is 318 g/mol. The van der Waals surface area contributed by atoms with E-state index in [0.717, 1.165) is 5.56 Å². The average molecular weight is 319 g/mol. The van der Waals surface area contributed by atoms with Crippen LogP contribution >= 0.6 is 11.6 Å². The van der Waals surface area contributed by atoms with E-state index in [1.165, 1.54) is 6.08 Å². The molecule has 0 saturated heterocycles. The van der Waals surface area contributed by atoms with Crippen molar-refractivity contribution in [1.29, 1.82) is 0 Å². The normalized spacial score (nSPS) is 10.6. The zero-order valence-electron chi connectivity index (χ0n) is 11.7. The Morgan fingerprint density at radius 2 is 2.05 bits per heavy atom. The fraction of sp³-hybridized carbons (Fsp3) is 0.125. The van der Waals surface area contributed by atoms with Crippen LogP contribution in [-0.4, -0.2) is 29.2 Å². The van der Waals surface area contributed by atoms with Crippen LogP contribution in [0.5, 0.6) is 5.75 Å². The molecule has 0 aliphatic heterocycles. The molecule has 22 heavy (non-hydrogen) atoms. The highest BCUT2D eigenvalue weighted by atomic mass is 35.5. The summed E-state index contributed by atoms with van der Waals surface area (Å²) in [5, 5.41) is 11.8. The van der Waals surface area contributed by atoms with Crippen molar-refractivity contribution in [2.75, 3.05) is 18.5 Å². The van der Waals surface area contributed by atoms with Crippen molar-refractivity contribution in [3.8, 4) is 5.75 Å². The van der Waals surface area contributed by atoms with Crippen molar-refractivity contribution < 1.29 is 14.6 Å². The molecule has 0 atom stereocenters. The van der Waals surface area contributed by atoms with E-state index in [1.54, 1.807) is 48.7 Å². The Labute approximate surface area is 133 Å². The largest absolute Gasteiger partial charge is 0.491 e. The number of amides is 1. The highest BCUT2D eigenvalue weighted by molar-refractivity contribution is 6.29. The van der Waals surface area contributed by atoms with Gasteiger partial charge >= 0.3 is 0 Å². The highest BCUT2D eigenvalue weighted by Crippen LogP contribution is 2.15. The third-order valence-corrected chi connectivity index (χ3v) is 2.88. The molecule has 5 nitrogen and oxygen atoms in total. The molecule has 0 saturated carbocycles. The second kappa shape index (κ2) is 8.17. The second-order valence-electron chi connectivity index (χ2n) is 4.33. The van der Waals surface area contributed by atoms with Crippen LogP contribution in [0.2, 0.25) is 5.15 Å². The van der Waals surface area contributed by atoms with Gasteiger partial charge in [-0.15, -0.1) is 0 Å². The third-order valence-electron chi connectivity index (χ3n) is 2.66. The minimum absolute atomic E-state index is 0.0389. The van der Waals surface area contributed by atoms with Crippen LogP contribution in [0.1, 0.15) is 5.56 Å². The average Bonchev–Trinajstić information content (AvgIpc) is 2.54. The smallest absolute Gasteiger partial charge is 0.248 e. The number of nitrogens with one attached hydrogen (secondary N) is 1. The van der Waals surface area contributed by atoms with Gasteiger partial charge in [0, 0.05) is 18.0 Å². The first-order valence-corrected chi connectivity index (χ1v) is 6.99. The molecule has 2 rings (SSSR count). The molecule has 1 aromatic heterocycles. The summed E-state index contributed by atoms with van der Waals surface area (Å²) < 4.78 is 5.24. The third kappa shape index (κ3) is 5.20. The minimum atomic E-state index is -0.251. The predicted molar refractivity (Wildman–Crippen MR) is 85.9 cm³/mol. The predicted octanol–water partition coefficient (Wildman–Crippen LogP) is 2.76. The number of anilines is 1. The first-order valence-electron chi connectivity index (χ1n) is 6.62. The van der Waals surface area contributed by atoms with Crippen LogP contribution in [0.15, 0.2) is 48.7 Å². The van der Waals surface area contributed by atoms with Crippen molar-refractivity contribution in [1.82, 2.24) is 4.98 Å². The Morgan fingerprint density at radius 3 is 2.68 bits per heavy atom. The highest BCUT2D eigenvalue weighted by Gasteiger charge is 1.99. The molecule has 1 amide bonds. The lowest BCUT2D eigenvalue weighted by atomic mass is 10.2. The molecule has 0 aliphatic carbocycles. The Bertz CT molecular complexity index is 639. The number of aliphatic hydroxyl groups is 1. The number of benzene rings is 1. The van der Waals surface area contributed by atoms with Gasteiger partial charge in [-0.05, 0) is 42.0 Å². The van der Waals surface area contributed by atoms with Gasteiger partial charge in [0.1, 0.15) is 17.5 Å². The van der Waals surface area contributed by atoms with Gasteiger partial charge in [-0.2, -0.15) is 0 Å². The fourth-order valence-electron chi connectivity index (χ4n) is 1.64. The van der Waals surface area contributed by atoms with E-state index in [4.69, 9.17) is 21.4 Å². The Balaban J connectivity index is 1.89. The number of hydrogen-bond acceptors (Lipinski definition) is 4. The molecule has 1 aromatic carbocycles. The van der Waals surface area contributed by atoms with Crippen molar-refractivity contribution in [2.45, 2.75) is 0 Å². The lowest BCUT2D eigenvalue weighted by Crippen LogP contribution is -2.07. The summed E-state index contributed by atoms with van der Waals surface area (Å²) in [6.07, 6.45) is 4.65. The van der Waals surface area contributed by atoms with Crippen molar-refractivity contribution >= 4 is 29.3 Å². The molecule has 114 valence electrons. The molecular weight excluding hydrogens is 304 g/mol. The summed E-state index contributed by atoms with van der Waals surface area (Å²) >= 11 is 5.69. The number of rotatable bonds is 6. The Kier molecular flexibility index (Phi) is 5.94. The maximum absolute atomic E-state index is 11.8. The van der Waals surface area contributed by atoms with Crippen LogP contribution in [0.25, 0.3) is 6.08 Å². The molecule has 2 N–H and O–H groups in total. The van der Waals surface area contributed by atoms with E-state index in [2.05, 4.69) is 10.3 Å². The number of hydrogen-bond donors (Lipinski definition) is 2. The molecule has 0 radical (unpaired) electrons. The molecule has 6 heteroatoms. The molecule has 0 fully saturated rings. The fourth-order valence-corrected chi connectivity index (χ4v) is 1.75. The molecule has 1 heterocycles. The summed E-state index contributed by atoms with van der Waals surface area (Å²) in [6, 6.07) is 10.3. The molecule has 0 aliphatic rings. The quantitative estimate of drug-likeness (QED) is 0.634. The number of aliphatic hydroxyl groups excluding tert-OH is 1. The Morgan fingerprint density at radius 1 is 1.27 bits per heavy atom. The lowest BCUT2D eigenvalue weighted by Gasteiger charge is -2.06. The van der Waals surface area contributed by atoms with Gasteiger partial charge in [0.05, 0.1) is 6.61 Å².